The summed E-state index contributed by atoms with van der Waals surface area (Å²) in [5.41, 5.74) is 0.811. The zero-order valence-electron chi connectivity index (χ0n) is 14.6. The van der Waals surface area contributed by atoms with Crippen molar-refractivity contribution in [3.05, 3.63) is 65.5 Å². The zero-order chi connectivity index (χ0) is 18.5. The second kappa shape index (κ2) is 9.34. The van der Waals surface area contributed by atoms with Crippen molar-refractivity contribution in [2.45, 2.75) is 6.54 Å². The van der Waals surface area contributed by atoms with Crippen LogP contribution in [0.5, 0.6) is 0 Å². The van der Waals surface area contributed by atoms with E-state index < -0.39 is 11.8 Å². The number of urea groups is 1. The number of benzene rings is 2. The lowest BCUT2D eigenvalue weighted by atomic mass is 10.1. The number of carbonyl (C=O) groups excluding carboxylic acids is 1. The molecule has 0 saturated carbocycles. The van der Waals surface area contributed by atoms with Crippen molar-refractivity contribution in [1.82, 2.24) is 10.2 Å². The summed E-state index contributed by atoms with van der Waals surface area (Å²) in [5.74, 6) is -1.83. The summed E-state index contributed by atoms with van der Waals surface area (Å²) in [4.78, 5) is 27.2. The molecule has 27 heavy (non-hydrogen) atoms. The van der Waals surface area contributed by atoms with E-state index in [1.807, 2.05) is 18.2 Å². The van der Waals surface area contributed by atoms with Crippen LogP contribution < -0.4 is 10.2 Å². The molecule has 0 radical (unpaired) electrons. The summed E-state index contributed by atoms with van der Waals surface area (Å²) in [6, 6.07) is 12.6. The van der Waals surface area contributed by atoms with E-state index in [0.717, 1.165) is 19.2 Å². The van der Waals surface area contributed by atoms with Crippen molar-refractivity contribution in [3.63, 3.8) is 0 Å². The van der Waals surface area contributed by atoms with Gasteiger partial charge in [-0.2, -0.15) is 0 Å². The molecule has 3 rings (SSSR count). The van der Waals surface area contributed by atoms with Crippen LogP contribution in [0.3, 0.4) is 0 Å². The number of hydrogen-bond acceptors (Lipinski definition) is 3. The number of anilines is 1. The van der Waals surface area contributed by atoms with E-state index in [9.17, 15) is 14.0 Å². The highest BCUT2D eigenvalue weighted by molar-refractivity contribution is 5.92. The summed E-state index contributed by atoms with van der Waals surface area (Å²) in [6.45, 7) is 2.63. The van der Waals surface area contributed by atoms with E-state index in [1.165, 1.54) is 17.0 Å². The molecule has 2 aromatic carbocycles. The first-order valence-electron chi connectivity index (χ1n) is 8.40. The van der Waals surface area contributed by atoms with Gasteiger partial charge in [-0.3, -0.25) is 4.90 Å². The molecular weight excluding hydrogens is 373 g/mol. The van der Waals surface area contributed by atoms with E-state index in [4.69, 9.17) is 5.11 Å². The van der Waals surface area contributed by atoms with E-state index in [0.29, 0.717) is 18.8 Å². The Kier molecular flexibility index (Phi) is 7.15. The number of nitrogens with zero attached hydrogens (tertiary/aromatic N) is 2. The van der Waals surface area contributed by atoms with E-state index in [1.54, 1.807) is 17.0 Å². The van der Waals surface area contributed by atoms with Crippen LogP contribution in [0.1, 0.15) is 15.9 Å². The van der Waals surface area contributed by atoms with Gasteiger partial charge in [0.15, 0.2) is 0 Å². The lowest BCUT2D eigenvalue weighted by Crippen LogP contribution is -2.51. The molecule has 1 saturated heterocycles. The molecule has 1 aliphatic rings. The van der Waals surface area contributed by atoms with Gasteiger partial charge in [-0.15, -0.1) is 12.4 Å². The molecule has 2 aromatic rings. The van der Waals surface area contributed by atoms with Crippen molar-refractivity contribution < 1.29 is 19.1 Å². The Hall–Kier alpha value is -2.64. The van der Waals surface area contributed by atoms with Crippen LogP contribution in [0.4, 0.5) is 14.9 Å². The third-order valence-electron chi connectivity index (χ3n) is 4.31. The van der Waals surface area contributed by atoms with Crippen LogP contribution in [0, 0.1) is 5.82 Å². The van der Waals surface area contributed by atoms with Gasteiger partial charge in [0.25, 0.3) is 0 Å². The van der Waals surface area contributed by atoms with Crippen molar-refractivity contribution >= 4 is 30.1 Å². The largest absolute Gasteiger partial charge is 0.478 e. The highest BCUT2D eigenvalue weighted by atomic mass is 35.5. The van der Waals surface area contributed by atoms with Crippen LogP contribution in [0.2, 0.25) is 0 Å². The fourth-order valence-electron chi connectivity index (χ4n) is 2.88. The summed E-state index contributed by atoms with van der Waals surface area (Å²) in [6.07, 6.45) is 0. The molecule has 6 nitrogen and oxygen atoms in total. The molecule has 144 valence electrons. The maximum Gasteiger partial charge on any atom is 0.335 e. The molecule has 8 heteroatoms. The van der Waals surface area contributed by atoms with Gasteiger partial charge in [0.1, 0.15) is 5.82 Å². The molecule has 0 aromatic heterocycles. The number of para-hydroxylation sites is 1. The number of hydrogen-bond donors (Lipinski definition) is 2. The second-order valence-electron chi connectivity index (χ2n) is 6.05. The lowest BCUT2D eigenvalue weighted by molar-refractivity contribution is 0.0696. The number of nitrogens with one attached hydrogen (secondary N) is 1. The highest BCUT2D eigenvalue weighted by Crippen LogP contribution is 2.21. The summed E-state index contributed by atoms with van der Waals surface area (Å²) < 4.78 is 14.4. The minimum absolute atomic E-state index is 0. The molecule has 0 aliphatic carbocycles. The average molecular weight is 394 g/mol. The molecule has 0 unspecified atom stereocenters. The monoisotopic (exact) mass is 393 g/mol. The van der Waals surface area contributed by atoms with Gasteiger partial charge < -0.3 is 15.3 Å². The van der Waals surface area contributed by atoms with Gasteiger partial charge in [-0.05, 0) is 24.3 Å². The zero-order valence-corrected chi connectivity index (χ0v) is 15.4. The normalized spacial score (nSPS) is 13.6. The maximum atomic E-state index is 14.4. The Bertz CT molecular complexity index is 798. The van der Waals surface area contributed by atoms with Gasteiger partial charge in [0.05, 0.1) is 12.1 Å². The molecule has 0 spiro atoms. The summed E-state index contributed by atoms with van der Waals surface area (Å²) in [5, 5.41) is 12.2. The Morgan fingerprint density at radius 3 is 2.37 bits per heavy atom. The molecule has 2 amide bonds. The van der Waals surface area contributed by atoms with Gasteiger partial charge >= 0.3 is 12.0 Å². The maximum absolute atomic E-state index is 14.4. The quantitative estimate of drug-likeness (QED) is 0.837. The summed E-state index contributed by atoms with van der Waals surface area (Å²) >= 11 is 0. The second-order valence-corrected chi connectivity index (χ2v) is 6.05. The fraction of sp³-hybridized carbons (Fsp3) is 0.263. The van der Waals surface area contributed by atoms with Crippen LogP contribution in [0.15, 0.2) is 48.5 Å². The predicted molar refractivity (Wildman–Crippen MR) is 103 cm³/mol. The molecular formula is C19H21ClFN3O3. The third kappa shape index (κ3) is 4.96. The Morgan fingerprint density at radius 2 is 1.78 bits per heavy atom. The molecule has 1 aliphatic heterocycles. The molecule has 1 heterocycles. The standard InChI is InChI=1S/C19H20FN3O3.ClH/c20-17-12-14(18(24)25)6-7-15(17)13-23(16-4-2-1-3-5-16)19(26)22-10-8-21-9-11-22;/h1-7,12,21H,8-11,13H2,(H,24,25);1H. The lowest BCUT2D eigenvalue weighted by Gasteiger charge is -2.33. The molecule has 0 atom stereocenters. The number of halogens is 2. The van der Waals surface area contributed by atoms with Crippen molar-refractivity contribution in [3.8, 4) is 0 Å². The Morgan fingerprint density at radius 1 is 1.11 bits per heavy atom. The topological polar surface area (TPSA) is 72.9 Å². The summed E-state index contributed by atoms with van der Waals surface area (Å²) in [7, 11) is 0. The predicted octanol–water partition coefficient (Wildman–Crippen LogP) is 2.98. The van der Waals surface area contributed by atoms with Crippen LogP contribution in [0.25, 0.3) is 0 Å². The molecule has 0 bridgehead atoms. The molecule has 1 fully saturated rings. The number of aromatic carboxylic acids is 1. The van der Waals surface area contributed by atoms with E-state index >= 15 is 0 Å². The van der Waals surface area contributed by atoms with Gasteiger partial charge in [0.2, 0.25) is 0 Å². The van der Waals surface area contributed by atoms with Crippen molar-refractivity contribution in [1.29, 1.82) is 0 Å². The van der Waals surface area contributed by atoms with Crippen molar-refractivity contribution in [2.75, 3.05) is 31.1 Å². The Balaban J connectivity index is 0.00000261. The number of amides is 2. The van der Waals surface area contributed by atoms with Gasteiger partial charge in [0, 0.05) is 37.4 Å². The third-order valence-corrected chi connectivity index (χ3v) is 4.31. The van der Waals surface area contributed by atoms with Gasteiger partial charge in [-0.25, -0.2) is 14.0 Å². The molecule has 2 N–H and O–H groups in total. The highest BCUT2D eigenvalue weighted by Gasteiger charge is 2.25. The number of rotatable bonds is 4. The number of piperazine rings is 1. The number of carboxylic acids is 1. The number of carbonyl (C=O) groups is 2. The van der Waals surface area contributed by atoms with E-state index in [2.05, 4.69) is 5.32 Å². The van der Waals surface area contributed by atoms with E-state index in [-0.39, 0.29) is 36.1 Å². The first kappa shape index (κ1) is 20.7. The Labute approximate surface area is 163 Å². The first-order chi connectivity index (χ1) is 12.6. The van der Waals surface area contributed by atoms with Gasteiger partial charge in [-0.1, -0.05) is 24.3 Å². The smallest absolute Gasteiger partial charge is 0.335 e. The van der Waals surface area contributed by atoms with Crippen molar-refractivity contribution in [2.24, 2.45) is 0 Å². The fourth-order valence-corrected chi connectivity index (χ4v) is 2.88. The number of carboxylic acid groups (broad SMARTS) is 1. The first-order valence-corrected chi connectivity index (χ1v) is 8.40. The SMILES string of the molecule is Cl.O=C(O)c1ccc(CN(C(=O)N2CCNCC2)c2ccccc2)c(F)c1. The van der Waals surface area contributed by atoms with Crippen LogP contribution in [-0.2, 0) is 6.54 Å². The van der Waals surface area contributed by atoms with Crippen LogP contribution in [-0.4, -0.2) is 48.2 Å². The van der Waals surface area contributed by atoms with Crippen LogP contribution >= 0.6 is 12.4 Å². The minimum atomic E-state index is -1.19. The average Bonchev–Trinajstić information content (AvgIpc) is 2.67. The minimum Gasteiger partial charge on any atom is -0.478 e.